The Hall–Kier alpha value is -2.10. The average Bonchev–Trinajstić information content (AvgIpc) is 2.35. The molecule has 0 aliphatic heterocycles. The second-order valence-electron chi connectivity index (χ2n) is 4.03. The standard InChI is InChI=1S/C11H4ClF6N3O/c12-5-1-4(10(13,14)15)3-19-8(5)9-20-6(11(16,17)18)2-7(22)21-9/h1-3H,(H,20,21,22). The van der Waals surface area contributed by atoms with Crippen molar-refractivity contribution in [1.82, 2.24) is 15.0 Å². The third kappa shape index (κ3) is 3.38. The van der Waals surface area contributed by atoms with Crippen LogP contribution < -0.4 is 5.56 Å². The molecule has 0 spiro atoms. The summed E-state index contributed by atoms with van der Waals surface area (Å²) in [4.78, 5) is 19.6. The molecule has 0 aliphatic rings. The van der Waals surface area contributed by atoms with Gasteiger partial charge in [-0.05, 0) is 6.07 Å². The summed E-state index contributed by atoms with van der Waals surface area (Å²) in [6.07, 6.45) is -9.24. The Morgan fingerprint density at radius 1 is 1.05 bits per heavy atom. The first-order valence-electron chi connectivity index (χ1n) is 5.40. The zero-order valence-electron chi connectivity index (χ0n) is 10.2. The lowest BCUT2D eigenvalue weighted by molar-refractivity contribution is -0.141. The van der Waals surface area contributed by atoms with Gasteiger partial charge in [-0.3, -0.25) is 9.78 Å². The maximum atomic E-state index is 12.6. The van der Waals surface area contributed by atoms with Crippen molar-refractivity contribution in [2.75, 3.05) is 0 Å². The largest absolute Gasteiger partial charge is 0.433 e. The summed E-state index contributed by atoms with van der Waals surface area (Å²) in [5.41, 5.74) is -4.34. The average molecular weight is 344 g/mol. The first-order chi connectivity index (χ1) is 9.98. The van der Waals surface area contributed by atoms with Crippen LogP contribution in [0.5, 0.6) is 0 Å². The van der Waals surface area contributed by atoms with Gasteiger partial charge in [-0.25, -0.2) is 4.98 Å². The summed E-state index contributed by atoms with van der Waals surface area (Å²) in [6.45, 7) is 0. The highest BCUT2D eigenvalue weighted by Gasteiger charge is 2.34. The molecule has 11 heteroatoms. The van der Waals surface area contributed by atoms with Crippen molar-refractivity contribution in [3.05, 3.63) is 45.0 Å². The Labute approximate surface area is 122 Å². The van der Waals surface area contributed by atoms with Crippen molar-refractivity contribution in [3.8, 4) is 11.5 Å². The molecule has 0 saturated heterocycles. The maximum absolute atomic E-state index is 12.6. The van der Waals surface area contributed by atoms with Crippen molar-refractivity contribution in [3.63, 3.8) is 0 Å². The zero-order valence-corrected chi connectivity index (χ0v) is 10.9. The van der Waals surface area contributed by atoms with Crippen LogP contribution in [0.1, 0.15) is 11.3 Å². The lowest BCUT2D eigenvalue weighted by Gasteiger charge is -2.10. The monoisotopic (exact) mass is 343 g/mol. The summed E-state index contributed by atoms with van der Waals surface area (Å²) < 4.78 is 75.1. The predicted molar refractivity (Wildman–Crippen MR) is 63.1 cm³/mol. The van der Waals surface area contributed by atoms with Gasteiger partial charge in [0.25, 0.3) is 5.56 Å². The van der Waals surface area contributed by atoms with Gasteiger partial charge in [-0.15, -0.1) is 0 Å². The highest BCUT2D eigenvalue weighted by atomic mass is 35.5. The fraction of sp³-hybridized carbons (Fsp3) is 0.182. The molecule has 1 N–H and O–H groups in total. The van der Waals surface area contributed by atoms with Crippen LogP contribution in [0.2, 0.25) is 5.02 Å². The topological polar surface area (TPSA) is 58.6 Å². The Kier molecular flexibility index (Phi) is 3.90. The molecular formula is C11H4ClF6N3O. The van der Waals surface area contributed by atoms with Crippen LogP contribution in [0, 0.1) is 0 Å². The molecule has 0 radical (unpaired) electrons. The quantitative estimate of drug-likeness (QED) is 0.806. The molecule has 0 amide bonds. The van der Waals surface area contributed by atoms with E-state index in [4.69, 9.17) is 11.6 Å². The fourth-order valence-corrected chi connectivity index (χ4v) is 1.74. The van der Waals surface area contributed by atoms with Gasteiger partial charge >= 0.3 is 12.4 Å². The van der Waals surface area contributed by atoms with Crippen LogP contribution in [-0.4, -0.2) is 15.0 Å². The minimum Gasteiger partial charge on any atom is -0.305 e. The van der Waals surface area contributed by atoms with Gasteiger partial charge in [0, 0.05) is 12.3 Å². The summed E-state index contributed by atoms with van der Waals surface area (Å²) in [6, 6.07) is 0.686. The normalized spacial score (nSPS) is 12.5. The van der Waals surface area contributed by atoms with Crippen LogP contribution in [-0.2, 0) is 12.4 Å². The number of halogens is 7. The minimum absolute atomic E-state index is 0.210. The number of nitrogens with zero attached hydrogens (tertiary/aromatic N) is 2. The smallest absolute Gasteiger partial charge is 0.305 e. The number of H-pyrrole nitrogens is 1. The van der Waals surface area contributed by atoms with E-state index in [-0.39, 0.29) is 6.07 Å². The van der Waals surface area contributed by atoms with Crippen LogP contribution in [0.25, 0.3) is 11.5 Å². The Morgan fingerprint density at radius 3 is 2.18 bits per heavy atom. The van der Waals surface area contributed by atoms with Gasteiger partial charge in [0.15, 0.2) is 11.5 Å². The van der Waals surface area contributed by atoms with E-state index in [2.05, 4.69) is 9.97 Å². The molecular weight excluding hydrogens is 340 g/mol. The number of pyridine rings is 1. The molecule has 0 fully saturated rings. The Bertz CT molecular complexity index is 768. The molecule has 0 saturated carbocycles. The van der Waals surface area contributed by atoms with E-state index in [1.807, 2.05) is 4.98 Å². The number of hydrogen-bond acceptors (Lipinski definition) is 3. The molecule has 2 rings (SSSR count). The van der Waals surface area contributed by atoms with Gasteiger partial charge in [0.05, 0.1) is 10.6 Å². The van der Waals surface area contributed by atoms with E-state index in [1.165, 1.54) is 0 Å². The van der Waals surface area contributed by atoms with Crippen LogP contribution in [0.3, 0.4) is 0 Å². The van der Waals surface area contributed by atoms with E-state index < -0.39 is 45.7 Å². The number of aromatic amines is 1. The van der Waals surface area contributed by atoms with E-state index in [0.717, 1.165) is 0 Å². The van der Waals surface area contributed by atoms with Gasteiger partial charge in [0.1, 0.15) is 5.69 Å². The summed E-state index contributed by atoms with van der Waals surface area (Å²) in [5, 5.41) is -0.600. The molecule has 2 aromatic heterocycles. The van der Waals surface area contributed by atoms with Crippen molar-refractivity contribution >= 4 is 11.6 Å². The molecule has 22 heavy (non-hydrogen) atoms. The Balaban J connectivity index is 2.58. The number of nitrogens with one attached hydrogen (secondary N) is 1. The lowest BCUT2D eigenvalue weighted by Crippen LogP contribution is -2.17. The summed E-state index contributed by atoms with van der Waals surface area (Å²) >= 11 is 5.58. The van der Waals surface area contributed by atoms with E-state index >= 15 is 0 Å². The van der Waals surface area contributed by atoms with Gasteiger partial charge < -0.3 is 4.98 Å². The van der Waals surface area contributed by atoms with Crippen molar-refractivity contribution < 1.29 is 26.3 Å². The molecule has 0 aromatic carbocycles. The molecule has 0 atom stereocenters. The molecule has 2 aromatic rings. The second kappa shape index (κ2) is 5.27. The predicted octanol–water partition coefficient (Wildman–Crippen LogP) is 3.52. The molecule has 118 valence electrons. The number of rotatable bonds is 1. The highest BCUT2D eigenvalue weighted by molar-refractivity contribution is 6.32. The third-order valence-electron chi connectivity index (χ3n) is 2.42. The van der Waals surface area contributed by atoms with Crippen LogP contribution in [0.4, 0.5) is 26.3 Å². The molecule has 0 bridgehead atoms. The van der Waals surface area contributed by atoms with Crippen LogP contribution in [0.15, 0.2) is 23.1 Å². The molecule has 0 unspecified atom stereocenters. The molecule has 4 nitrogen and oxygen atoms in total. The zero-order chi connectivity index (χ0) is 16.7. The van der Waals surface area contributed by atoms with Gasteiger partial charge in [-0.1, -0.05) is 11.6 Å². The highest BCUT2D eigenvalue weighted by Crippen LogP contribution is 2.33. The van der Waals surface area contributed by atoms with Crippen molar-refractivity contribution in [2.24, 2.45) is 0 Å². The van der Waals surface area contributed by atoms with Crippen molar-refractivity contribution in [2.45, 2.75) is 12.4 Å². The van der Waals surface area contributed by atoms with E-state index in [1.54, 1.807) is 0 Å². The maximum Gasteiger partial charge on any atom is 0.433 e. The van der Waals surface area contributed by atoms with E-state index in [9.17, 15) is 31.1 Å². The van der Waals surface area contributed by atoms with Gasteiger partial charge in [0.2, 0.25) is 0 Å². The van der Waals surface area contributed by atoms with Gasteiger partial charge in [-0.2, -0.15) is 26.3 Å². The fourth-order valence-electron chi connectivity index (χ4n) is 1.48. The minimum atomic E-state index is -4.90. The second-order valence-corrected chi connectivity index (χ2v) is 4.44. The number of aromatic nitrogens is 3. The first kappa shape index (κ1) is 16.3. The van der Waals surface area contributed by atoms with E-state index in [0.29, 0.717) is 12.3 Å². The summed E-state index contributed by atoms with van der Waals surface area (Å²) in [7, 11) is 0. The summed E-state index contributed by atoms with van der Waals surface area (Å²) in [5.74, 6) is -0.682. The molecule has 2 heterocycles. The lowest BCUT2D eigenvalue weighted by atomic mass is 10.2. The van der Waals surface area contributed by atoms with Crippen molar-refractivity contribution in [1.29, 1.82) is 0 Å². The number of alkyl halides is 6. The Morgan fingerprint density at radius 2 is 1.68 bits per heavy atom. The first-order valence-corrected chi connectivity index (χ1v) is 5.78. The van der Waals surface area contributed by atoms with Crippen LogP contribution >= 0.6 is 11.6 Å². The number of hydrogen-bond donors (Lipinski definition) is 1. The molecule has 0 aliphatic carbocycles. The SMILES string of the molecule is O=c1cc(C(F)(F)F)nc(-c2ncc(C(F)(F)F)cc2Cl)[nH]1. The third-order valence-corrected chi connectivity index (χ3v) is 2.71.